The molecule has 110 valence electrons. The van der Waals surface area contributed by atoms with Gasteiger partial charge in [-0.3, -0.25) is 10.1 Å². The number of rotatable bonds is 5. The van der Waals surface area contributed by atoms with Crippen LogP contribution in [-0.4, -0.2) is 21.0 Å². The molecule has 0 amide bonds. The Labute approximate surface area is 128 Å². The quantitative estimate of drug-likeness (QED) is 0.642. The van der Waals surface area contributed by atoms with Crippen LogP contribution in [0, 0.1) is 10.1 Å². The van der Waals surface area contributed by atoms with Crippen LogP contribution in [0.4, 0.5) is 11.4 Å². The maximum atomic E-state index is 11.0. The van der Waals surface area contributed by atoms with Crippen LogP contribution in [0.25, 0.3) is 0 Å². The number of para-hydroxylation sites is 1. The molecular weight excluding hydrogens is 318 g/mol. The molecule has 0 spiro atoms. The molecule has 9 heteroatoms. The van der Waals surface area contributed by atoms with E-state index in [0.717, 1.165) is 0 Å². The zero-order valence-electron chi connectivity index (χ0n) is 10.7. The summed E-state index contributed by atoms with van der Waals surface area (Å²) < 4.78 is 0. The Morgan fingerprint density at radius 2 is 2.29 bits per heavy atom. The minimum absolute atomic E-state index is 0.0302. The van der Waals surface area contributed by atoms with Crippen molar-refractivity contribution in [3.05, 3.63) is 49.4 Å². The first-order chi connectivity index (χ1) is 9.90. The first-order valence-corrected chi connectivity index (χ1v) is 7.04. The van der Waals surface area contributed by atoms with E-state index in [9.17, 15) is 14.9 Å². The Morgan fingerprint density at radius 3 is 2.86 bits per heavy atom. The lowest BCUT2D eigenvalue weighted by atomic mass is 10.2. The van der Waals surface area contributed by atoms with Gasteiger partial charge in [-0.2, -0.15) is 0 Å². The average Bonchev–Trinajstić information content (AvgIpc) is 2.88. The summed E-state index contributed by atoms with van der Waals surface area (Å²) in [4.78, 5) is 25.2. The maximum absolute atomic E-state index is 11.0. The summed E-state index contributed by atoms with van der Waals surface area (Å²) in [5.41, 5.74) is -0.0163. The SMILES string of the molecule is CC(Nc1cccc(Cl)c1[N+](=O)[O-])c1nc(C(=O)O)cs1. The molecule has 1 unspecified atom stereocenters. The van der Waals surface area contributed by atoms with Gasteiger partial charge in [0.1, 0.15) is 15.7 Å². The lowest BCUT2D eigenvalue weighted by Gasteiger charge is -2.13. The third kappa shape index (κ3) is 3.29. The average molecular weight is 328 g/mol. The van der Waals surface area contributed by atoms with E-state index in [0.29, 0.717) is 5.01 Å². The maximum Gasteiger partial charge on any atom is 0.355 e. The van der Waals surface area contributed by atoms with Crippen LogP contribution >= 0.6 is 22.9 Å². The van der Waals surface area contributed by atoms with Crippen LogP contribution in [0.5, 0.6) is 0 Å². The highest BCUT2D eigenvalue weighted by molar-refractivity contribution is 7.09. The van der Waals surface area contributed by atoms with Gasteiger partial charge in [0, 0.05) is 5.38 Å². The molecule has 1 heterocycles. The van der Waals surface area contributed by atoms with Crippen molar-refractivity contribution in [2.45, 2.75) is 13.0 Å². The highest BCUT2D eigenvalue weighted by atomic mass is 35.5. The number of thiazole rings is 1. The van der Waals surface area contributed by atoms with Gasteiger partial charge in [-0.25, -0.2) is 9.78 Å². The number of aromatic nitrogens is 1. The number of hydrogen-bond donors (Lipinski definition) is 2. The van der Waals surface area contributed by atoms with Crippen molar-refractivity contribution in [3.63, 3.8) is 0 Å². The molecule has 1 atom stereocenters. The van der Waals surface area contributed by atoms with Gasteiger partial charge in [-0.05, 0) is 19.1 Å². The van der Waals surface area contributed by atoms with E-state index in [4.69, 9.17) is 16.7 Å². The molecule has 0 aliphatic rings. The molecule has 0 saturated carbocycles. The number of nitrogens with one attached hydrogen (secondary N) is 1. The summed E-state index contributed by atoms with van der Waals surface area (Å²) >= 11 is 6.99. The highest BCUT2D eigenvalue weighted by Gasteiger charge is 2.21. The molecule has 0 aliphatic heterocycles. The van der Waals surface area contributed by atoms with Crippen LogP contribution < -0.4 is 5.32 Å². The van der Waals surface area contributed by atoms with Gasteiger partial charge in [0.25, 0.3) is 0 Å². The lowest BCUT2D eigenvalue weighted by molar-refractivity contribution is -0.383. The topological polar surface area (TPSA) is 105 Å². The molecule has 0 fully saturated rings. The Kier molecular flexibility index (Phi) is 4.39. The van der Waals surface area contributed by atoms with Gasteiger partial charge < -0.3 is 10.4 Å². The molecule has 2 aromatic rings. The number of carboxylic acid groups (broad SMARTS) is 1. The number of carboxylic acids is 1. The number of benzene rings is 1. The van der Waals surface area contributed by atoms with Crippen molar-refractivity contribution in [3.8, 4) is 0 Å². The number of nitrogens with zero attached hydrogens (tertiary/aromatic N) is 2. The fourth-order valence-electron chi connectivity index (χ4n) is 1.70. The molecule has 0 bridgehead atoms. The van der Waals surface area contributed by atoms with Gasteiger partial charge in [-0.1, -0.05) is 17.7 Å². The number of nitro groups is 1. The first kappa shape index (κ1) is 15.2. The summed E-state index contributed by atoms with van der Waals surface area (Å²) in [7, 11) is 0. The largest absolute Gasteiger partial charge is 0.476 e. The Bertz CT molecular complexity index is 704. The molecule has 2 N–H and O–H groups in total. The Balaban J connectivity index is 2.27. The summed E-state index contributed by atoms with van der Waals surface area (Å²) in [5, 5.41) is 24.8. The summed E-state index contributed by atoms with van der Waals surface area (Å²) in [5.74, 6) is -1.11. The summed E-state index contributed by atoms with van der Waals surface area (Å²) in [6.45, 7) is 1.73. The first-order valence-electron chi connectivity index (χ1n) is 5.78. The van der Waals surface area contributed by atoms with Gasteiger partial charge in [-0.15, -0.1) is 11.3 Å². The van der Waals surface area contributed by atoms with Crippen molar-refractivity contribution >= 4 is 40.3 Å². The van der Waals surface area contributed by atoms with E-state index in [2.05, 4.69) is 10.3 Å². The van der Waals surface area contributed by atoms with E-state index < -0.39 is 10.9 Å². The number of aromatic carboxylic acids is 1. The Morgan fingerprint density at radius 1 is 1.57 bits per heavy atom. The zero-order valence-corrected chi connectivity index (χ0v) is 12.3. The van der Waals surface area contributed by atoms with Crippen LogP contribution in [0.2, 0.25) is 5.02 Å². The molecule has 0 aliphatic carbocycles. The second-order valence-corrected chi connectivity index (χ2v) is 5.43. The summed E-state index contributed by atoms with van der Waals surface area (Å²) in [6, 6.07) is 4.17. The van der Waals surface area contributed by atoms with Crippen LogP contribution in [0.1, 0.15) is 28.5 Å². The molecule has 7 nitrogen and oxygen atoms in total. The highest BCUT2D eigenvalue weighted by Crippen LogP contribution is 2.34. The van der Waals surface area contributed by atoms with E-state index in [1.54, 1.807) is 13.0 Å². The van der Waals surface area contributed by atoms with Crippen molar-refractivity contribution in [1.82, 2.24) is 4.98 Å². The van der Waals surface area contributed by atoms with E-state index >= 15 is 0 Å². The van der Waals surface area contributed by atoms with E-state index in [1.165, 1.54) is 28.8 Å². The van der Waals surface area contributed by atoms with Crippen LogP contribution in [0.15, 0.2) is 23.6 Å². The summed E-state index contributed by atoms with van der Waals surface area (Å²) in [6.07, 6.45) is 0. The Hall–Kier alpha value is -2.19. The van der Waals surface area contributed by atoms with Crippen molar-refractivity contribution in [2.75, 3.05) is 5.32 Å². The number of carbonyl (C=O) groups is 1. The molecule has 21 heavy (non-hydrogen) atoms. The molecular formula is C12H10ClN3O4S. The normalized spacial score (nSPS) is 11.9. The molecule has 1 aromatic heterocycles. The van der Waals surface area contributed by atoms with Crippen molar-refractivity contribution in [2.24, 2.45) is 0 Å². The molecule has 0 radical (unpaired) electrons. The number of hydrogen-bond acceptors (Lipinski definition) is 6. The van der Waals surface area contributed by atoms with Crippen LogP contribution in [-0.2, 0) is 0 Å². The zero-order chi connectivity index (χ0) is 15.6. The van der Waals surface area contributed by atoms with Crippen molar-refractivity contribution < 1.29 is 14.8 Å². The predicted octanol–water partition coefficient (Wildman–Crippen LogP) is 3.58. The second kappa shape index (κ2) is 6.06. The minimum atomic E-state index is -1.11. The molecule has 2 rings (SSSR count). The third-order valence-corrected chi connectivity index (χ3v) is 3.99. The van der Waals surface area contributed by atoms with Crippen LogP contribution in [0.3, 0.4) is 0 Å². The standard InChI is InChI=1S/C12H10ClN3O4S/c1-6(11-15-9(5-21-11)12(17)18)14-8-4-2-3-7(13)10(8)16(19)20/h2-6,14H,1H3,(H,17,18). The monoisotopic (exact) mass is 327 g/mol. The minimum Gasteiger partial charge on any atom is -0.476 e. The van der Waals surface area contributed by atoms with E-state index in [-0.39, 0.29) is 28.1 Å². The smallest absolute Gasteiger partial charge is 0.355 e. The van der Waals surface area contributed by atoms with Gasteiger partial charge in [0.05, 0.1) is 11.0 Å². The number of halogens is 1. The van der Waals surface area contributed by atoms with Gasteiger partial charge in [0.2, 0.25) is 0 Å². The van der Waals surface area contributed by atoms with Gasteiger partial charge in [0.15, 0.2) is 5.69 Å². The lowest BCUT2D eigenvalue weighted by Crippen LogP contribution is -2.09. The molecule has 1 aromatic carbocycles. The fourth-order valence-corrected chi connectivity index (χ4v) is 2.74. The molecule has 0 saturated heterocycles. The predicted molar refractivity (Wildman–Crippen MR) is 79.2 cm³/mol. The third-order valence-electron chi connectivity index (χ3n) is 2.65. The number of nitro benzene ring substituents is 1. The van der Waals surface area contributed by atoms with Gasteiger partial charge >= 0.3 is 11.7 Å². The van der Waals surface area contributed by atoms with E-state index in [1.807, 2.05) is 0 Å². The van der Waals surface area contributed by atoms with Crippen molar-refractivity contribution in [1.29, 1.82) is 0 Å². The number of anilines is 1. The second-order valence-electron chi connectivity index (χ2n) is 4.14. The fraction of sp³-hybridized carbons (Fsp3) is 0.167.